The van der Waals surface area contributed by atoms with Gasteiger partial charge in [0.2, 0.25) is 0 Å². The van der Waals surface area contributed by atoms with Gasteiger partial charge in [0.25, 0.3) is 0 Å². The van der Waals surface area contributed by atoms with Crippen LogP contribution in [-0.2, 0) is 12.8 Å². The average Bonchev–Trinajstić information content (AvgIpc) is 3.32. The summed E-state index contributed by atoms with van der Waals surface area (Å²) in [7, 11) is 0. The molecular formula is C35H44F4. The van der Waals surface area contributed by atoms with Crippen molar-refractivity contribution in [2.75, 3.05) is 0 Å². The molecule has 3 aliphatic rings. The SMILES string of the molecule is CCCCCC1CCC(CCC2CC=C(c3cc4c(c(F)c3F)-c3c(cc(CCC)c(F)c3F)C4)CC2)CC1. The zero-order valence-corrected chi connectivity index (χ0v) is 23.8. The monoisotopic (exact) mass is 540 g/mol. The molecular weight excluding hydrogens is 496 g/mol. The predicted molar refractivity (Wildman–Crippen MR) is 153 cm³/mol. The molecule has 0 amide bonds. The molecule has 0 nitrogen and oxygen atoms in total. The highest BCUT2D eigenvalue weighted by atomic mass is 19.2. The standard InChI is InChI=1S/C35H44F4/c1-3-5-6-8-22-9-11-23(12-10-22)13-14-24-15-17-25(18-16-24)29-21-28-20-27-19-26(7-4-2)32(36)34(38)30(27)31(28)35(39)33(29)37/h17,19,21-24H,3-16,18,20H2,1-2H3. The van der Waals surface area contributed by atoms with Crippen LogP contribution in [-0.4, -0.2) is 0 Å². The number of fused-ring (bicyclic) bond motifs is 3. The van der Waals surface area contributed by atoms with Crippen molar-refractivity contribution in [3.8, 4) is 11.1 Å². The lowest BCUT2D eigenvalue weighted by molar-refractivity contribution is 0.235. The minimum absolute atomic E-state index is 0.0972. The summed E-state index contributed by atoms with van der Waals surface area (Å²) in [6.07, 6.45) is 19.7. The lowest BCUT2D eigenvalue weighted by Crippen LogP contribution is -2.16. The Kier molecular flexibility index (Phi) is 9.19. The van der Waals surface area contributed by atoms with Gasteiger partial charge in [0.1, 0.15) is 0 Å². The summed E-state index contributed by atoms with van der Waals surface area (Å²) < 4.78 is 60.4. The molecule has 0 spiro atoms. The number of hydrogen-bond donors (Lipinski definition) is 0. The second kappa shape index (κ2) is 12.6. The number of hydrogen-bond acceptors (Lipinski definition) is 0. The van der Waals surface area contributed by atoms with E-state index in [1.165, 1.54) is 64.2 Å². The number of benzene rings is 2. The van der Waals surface area contributed by atoms with Crippen LogP contribution in [0.25, 0.3) is 16.7 Å². The Labute approximate surface area is 232 Å². The number of unbranched alkanes of at least 4 members (excludes halogenated alkanes) is 2. The van der Waals surface area contributed by atoms with Crippen molar-refractivity contribution in [1.29, 1.82) is 0 Å². The average molecular weight is 541 g/mol. The Hall–Kier alpha value is -2.10. The molecule has 0 aliphatic heterocycles. The van der Waals surface area contributed by atoms with Crippen molar-refractivity contribution >= 4 is 5.57 Å². The van der Waals surface area contributed by atoms with Crippen LogP contribution in [0, 0.1) is 41.0 Å². The summed E-state index contributed by atoms with van der Waals surface area (Å²) in [5.41, 5.74) is 2.37. The van der Waals surface area contributed by atoms with Gasteiger partial charge in [-0.1, -0.05) is 90.2 Å². The third-order valence-electron chi connectivity index (χ3n) is 9.83. The quantitative estimate of drug-likeness (QED) is 0.177. The van der Waals surface area contributed by atoms with E-state index in [0.717, 1.165) is 36.7 Å². The summed E-state index contributed by atoms with van der Waals surface area (Å²) >= 11 is 0. The van der Waals surface area contributed by atoms with Crippen LogP contribution in [0.3, 0.4) is 0 Å². The highest BCUT2D eigenvalue weighted by Crippen LogP contribution is 2.45. The van der Waals surface area contributed by atoms with Gasteiger partial charge in [-0.25, -0.2) is 17.6 Å². The van der Waals surface area contributed by atoms with E-state index in [1.807, 2.05) is 6.92 Å². The Morgan fingerprint density at radius 3 is 1.95 bits per heavy atom. The normalized spacial score (nSPS) is 22.5. The Bertz CT molecular complexity index is 1200. The van der Waals surface area contributed by atoms with E-state index in [0.29, 0.717) is 47.4 Å². The molecule has 0 radical (unpaired) electrons. The second-order valence-corrected chi connectivity index (χ2v) is 12.5. The zero-order valence-electron chi connectivity index (χ0n) is 23.8. The molecule has 1 fully saturated rings. The second-order valence-electron chi connectivity index (χ2n) is 12.5. The lowest BCUT2D eigenvalue weighted by atomic mass is 9.76. The van der Waals surface area contributed by atoms with Crippen molar-refractivity contribution in [2.45, 2.75) is 117 Å². The van der Waals surface area contributed by atoms with Gasteiger partial charge in [-0.15, -0.1) is 0 Å². The smallest absolute Gasteiger partial charge is 0.167 e. The summed E-state index contributed by atoms with van der Waals surface area (Å²) in [6, 6.07) is 3.33. The van der Waals surface area contributed by atoms with Crippen molar-refractivity contribution in [2.24, 2.45) is 17.8 Å². The Balaban J connectivity index is 1.22. The van der Waals surface area contributed by atoms with Crippen molar-refractivity contribution < 1.29 is 17.6 Å². The summed E-state index contributed by atoms with van der Waals surface area (Å²) in [5.74, 6) is -1.56. The fraction of sp³-hybridized carbons (Fsp3) is 0.600. The van der Waals surface area contributed by atoms with E-state index in [-0.39, 0.29) is 11.1 Å². The molecule has 1 saturated carbocycles. The third kappa shape index (κ3) is 6.00. The maximum Gasteiger partial charge on any atom is 0.167 e. The van der Waals surface area contributed by atoms with Gasteiger partial charge in [0, 0.05) is 16.7 Å². The molecule has 0 N–H and O–H groups in total. The van der Waals surface area contributed by atoms with Gasteiger partial charge in [0.05, 0.1) is 0 Å². The molecule has 1 atom stereocenters. The molecule has 0 saturated heterocycles. The van der Waals surface area contributed by atoms with Gasteiger partial charge in [0.15, 0.2) is 23.3 Å². The maximum atomic E-state index is 15.4. The third-order valence-corrected chi connectivity index (χ3v) is 9.83. The Morgan fingerprint density at radius 1 is 0.667 bits per heavy atom. The number of allylic oxidation sites excluding steroid dienone is 2. The molecule has 212 valence electrons. The molecule has 0 bridgehead atoms. The first-order chi connectivity index (χ1) is 18.9. The first kappa shape index (κ1) is 28.4. The minimum atomic E-state index is -1.05. The maximum absolute atomic E-state index is 15.4. The molecule has 1 unspecified atom stereocenters. The lowest BCUT2D eigenvalue weighted by Gasteiger charge is -2.30. The van der Waals surface area contributed by atoms with E-state index in [2.05, 4.69) is 13.0 Å². The van der Waals surface area contributed by atoms with Gasteiger partial charge < -0.3 is 0 Å². The number of halogens is 4. The molecule has 3 aliphatic carbocycles. The van der Waals surface area contributed by atoms with E-state index in [1.54, 1.807) is 12.1 Å². The van der Waals surface area contributed by atoms with Crippen LogP contribution >= 0.6 is 0 Å². The van der Waals surface area contributed by atoms with Crippen LogP contribution in [0.2, 0.25) is 0 Å². The fourth-order valence-electron chi connectivity index (χ4n) is 7.48. The predicted octanol–water partition coefficient (Wildman–Crippen LogP) is 11.1. The summed E-state index contributed by atoms with van der Waals surface area (Å²) in [4.78, 5) is 0. The highest BCUT2D eigenvalue weighted by molar-refractivity contribution is 5.81. The van der Waals surface area contributed by atoms with Crippen molar-refractivity contribution in [1.82, 2.24) is 0 Å². The Morgan fingerprint density at radius 2 is 1.31 bits per heavy atom. The van der Waals surface area contributed by atoms with Gasteiger partial charge >= 0.3 is 0 Å². The van der Waals surface area contributed by atoms with E-state index in [9.17, 15) is 8.78 Å². The molecule has 0 heterocycles. The summed E-state index contributed by atoms with van der Waals surface area (Å²) in [5, 5.41) is 0. The largest absolute Gasteiger partial charge is 0.203 e. The molecule has 2 aromatic rings. The van der Waals surface area contributed by atoms with Gasteiger partial charge in [-0.2, -0.15) is 0 Å². The molecule has 0 aromatic heterocycles. The molecule has 2 aromatic carbocycles. The first-order valence-electron chi connectivity index (χ1n) is 15.6. The van der Waals surface area contributed by atoms with Crippen LogP contribution < -0.4 is 0 Å². The van der Waals surface area contributed by atoms with Crippen LogP contribution in [0.5, 0.6) is 0 Å². The van der Waals surface area contributed by atoms with Gasteiger partial charge in [-0.3, -0.25) is 0 Å². The van der Waals surface area contributed by atoms with E-state index >= 15 is 8.78 Å². The highest BCUT2D eigenvalue weighted by Gasteiger charge is 2.33. The summed E-state index contributed by atoms with van der Waals surface area (Å²) in [6.45, 7) is 4.18. The topological polar surface area (TPSA) is 0 Å². The van der Waals surface area contributed by atoms with Crippen molar-refractivity contribution in [3.63, 3.8) is 0 Å². The minimum Gasteiger partial charge on any atom is -0.203 e. The zero-order chi connectivity index (χ0) is 27.5. The fourth-order valence-corrected chi connectivity index (χ4v) is 7.48. The molecule has 39 heavy (non-hydrogen) atoms. The number of rotatable bonds is 10. The number of aryl methyl sites for hydroxylation is 1. The van der Waals surface area contributed by atoms with Crippen LogP contribution in [0.1, 0.15) is 126 Å². The van der Waals surface area contributed by atoms with E-state index in [4.69, 9.17) is 0 Å². The first-order valence-corrected chi connectivity index (χ1v) is 15.6. The van der Waals surface area contributed by atoms with Gasteiger partial charge in [-0.05, 0) is 84.6 Å². The van der Waals surface area contributed by atoms with Crippen molar-refractivity contribution in [3.05, 3.63) is 63.7 Å². The van der Waals surface area contributed by atoms with Crippen LogP contribution in [0.15, 0.2) is 18.2 Å². The molecule has 5 rings (SSSR count). The molecule has 4 heteroatoms. The van der Waals surface area contributed by atoms with Crippen LogP contribution in [0.4, 0.5) is 17.6 Å². The van der Waals surface area contributed by atoms with E-state index < -0.39 is 23.3 Å².